The Bertz CT molecular complexity index is 2130. The summed E-state index contributed by atoms with van der Waals surface area (Å²) in [5.41, 5.74) is 4.87. The van der Waals surface area contributed by atoms with Crippen molar-refractivity contribution in [3.63, 3.8) is 0 Å². The maximum absolute atomic E-state index is 13.8. The highest BCUT2D eigenvalue weighted by atomic mass is 16.6. The molecule has 10 nitrogen and oxygen atoms in total. The van der Waals surface area contributed by atoms with Crippen molar-refractivity contribution in [2.75, 3.05) is 0 Å². The van der Waals surface area contributed by atoms with Crippen molar-refractivity contribution < 1.29 is 48.4 Å². The molecule has 0 bridgehead atoms. The second kappa shape index (κ2) is 14.3. The van der Waals surface area contributed by atoms with Crippen LogP contribution in [0.5, 0.6) is 17.2 Å². The molecule has 52 heavy (non-hydrogen) atoms. The number of carboxylic acid groups (broad SMARTS) is 1. The number of rotatable bonds is 8. The van der Waals surface area contributed by atoms with Crippen LogP contribution < -0.4 is 14.2 Å². The van der Waals surface area contributed by atoms with Crippen LogP contribution in [0, 0.1) is 69.2 Å². The molecule has 0 amide bonds. The topological polar surface area (TPSA) is 154 Å². The number of hydrogen-bond donors (Lipinski definition) is 2. The van der Waals surface area contributed by atoms with Gasteiger partial charge in [-0.15, -0.1) is 0 Å². The van der Waals surface area contributed by atoms with Gasteiger partial charge in [0.1, 0.15) is 17.2 Å². The molecule has 0 heterocycles. The number of carboxylic acids is 1. The first kappa shape index (κ1) is 39.4. The van der Waals surface area contributed by atoms with Crippen molar-refractivity contribution in [3.8, 4) is 17.2 Å². The zero-order valence-electron chi connectivity index (χ0n) is 32.1. The molecule has 0 unspecified atom stereocenters. The zero-order valence-corrected chi connectivity index (χ0v) is 32.1. The van der Waals surface area contributed by atoms with E-state index < -0.39 is 29.5 Å². The minimum absolute atomic E-state index is 0.145. The van der Waals surface area contributed by atoms with Crippen LogP contribution in [0.25, 0.3) is 0 Å². The van der Waals surface area contributed by atoms with Crippen LogP contribution in [0.4, 0.5) is 0 Å². The van der Waals surface area contributed by atoms with Gasteiger partial charge in [-0.1, -0.05) is 6.92 Å². The summed E-state index contributed by atoms with van der Waals surface area (Å²) in [5, 5.41) is 21.1. The molecule has 0 aromatic heterocycles. The number of aryl methyl sites for hydroxylation is 1. The number of carbonyl (C=O) groups is 5. The Morgan fingerprint density at radius 1 is 0.596 bits per heavy atom. The highest BCUT2D eigenvalue weighted by molar-refractivity contribution is 6.06. The van der Waals surface area contributed by atoms with Crippen LogP contribution in [0.2, 0.25) is 0 Å². The first-order chi connectivity index (χ1) is 24.1. The van der Waals surface area contributed by atoms with Gasteiger partial charge in [-0.05, 0) is 180 Å². The molecule has 0 saturated heterocycles. The minimum atomic E-state index is -2.11. The minimum Gasteiger partial charge on any atom is -0.478 e. The molecule has 2 N–H and O–H groups in total. The van der Waals surface area contributed by atoms with E-state index in [1.54, 1.807) is 75.3 Å². The SMILES string of the molecule is CCc1c(C)c(C(=O)O)c(C)c(C)c1OC(=O)c1c(C)cc(OC(=O)c2c(C)c(C)c(OC(=O)C3(O)C(C)=CC(=O)C=C3C)c(C)c2C)c(C)c1C. The quantitative estimate of drug-likeness (QED) is 0.177. The number of ketones is 1. The lowest BCUT2D eigenvalue weighted by Crippen LogP contribution is -2.46. The number of aliphatic hydroxyl groups is 1. The van der Waals surface area contributed by atoms with Gasteiger partial charge in [-0.3, -0.25) is 4.79 Å². The second-order valence-electron chi connectivity index (χ2n) is 13.7. The Balaban J connectivity index is 1.67. The number of esters is 3. The molecule has 4 rings (SSSR count). The van der Waals surface area contributed by atoms with Crippen molar-refractivity contribution in [1.29, 1.82) is 0 Å². The Morgan fingerprint density at radius 2 is 1.06 bits per heavy atom. The normalized spacial score (nSPS) is 13.7. The van der Waals surface area contributed by atoms with E-state index in [2.05, 4.69) is 0 Å². The standard InChI is InChI=1S/C42H46O10/c1-14-31-29(13)34(38(44)45)23(7)28(12)37(31)51-39(46)33-18(2)15-32(21(5)22(33)6)50-40(47)35-24(8)26(10)36(27(11)25(35)9)52-41(48)42(49)19(3)16-30(43)17-20(42)4/h15-17,49H,14H2,1-13H3,(H,44,45). The third-order valence-electron chi connectivity index (χ3n) is 10.7. The molecule has 0 atom stereocenters. The summed E-state index contributed by atoms with van der Waals surface area (Å²) in [6.45, 7) is 22.0. The van der Waals surface area contributed by atoms with Gasteiger partial charge in [-0.2, -0.15) is 0 Å². The molecule has 3 aromatic rings. The number of carbonyl (C=O) groups excluding carboxylic acids is 4. The van der Waals surface area contributed by atoms with Gasteiger partial charge in [0.2, 0.25) is 5.60 Å². The molecule has 0 radical (unpaired) electrons. The lowest BCUT2D eigenvalue weighted by atomic mass is 9.82. The molecule has 10 heteroatoms. The smallest absolute Gasteiger partial charge is 0.352 e. The first-order valence-corrected chi connectivity index (χ1v) is 17.0. The lowest BCUT2D eigenvalue weighted by molar-refractivity contribution is -0.148. The summed E-state index contributed by atoms with van der Waals surface area (Å²) < 4.78 is 17.8. The van der Waals surface area contributed by atoms with E-state index in [0.717, 1.165) is 0 Å². The average molecular weight is 711 g/mol. The van der Waals surface area contributed by atoms with Crippen LogP contribution >= 0.6 is 0 Å². The Morgan fingerprint density at radius 3 is 1.56 bits per heavy atom. The fourth-order valence-electron chi connectivity index (χ4n) is 7.05. The van der Waals surface area contributed by atoms with Crippen LogP contribution in [-0.2, 0) is 16.0 Å². The maximum Gasteiger partial charge on any atom is 0.352 e. The number of aromatic carboxylic acids is 1. The molecule has 1 aliphatic rings. The predicted molar refractivity (Wildman–Crippen MR) is 196 cm³/mol. The van der Waals surface area contributed by atoms with Crippen molar-refractivity contribution in [3.05, 3.63) is 107 Å². The molecular weight excluding hydrogens is 664 g/mol. The van der Waals surface area contributed by atoms with Crippen molar-refractivity contribution in [1.82, 2.24) is 0 Å². The van der Waals surface area contributed by atoms with Gasteiger partial charge < -0.3 is 24.4 Å². The molecule has 0 aliphatic heterocycles. The summed E-state index contributed by atoms with van der Waals surface area (Å²) >= 11 is 0. The van der Waals surface area contributed by atoms with Crippen LogP contribution in [0.15, 0.2) is 29.4 Å². The summed E-state index contributed by atoms with van der Waals surface area (Å²) in [7, 11) is 0. The zero-order chi connectivity index (χ0) is 39.3. The van der Waals surface area contributed by atoms with Crippen molar-refractivity contribution in [2.24, 2.45) is 0 Å². The van der Waals surface area contributed by atoms with Crippen molar-refractivity contribution in [2.45, 2.75) is 102 Å². The Kier molecular flexibility index (Phi) is 10.9. The molecule has 0 spiro atoms. The lowest BCUT2D eigenvalue weighted by Gasteiger charge is -2.30. The van der Waals surface area contributed by atoms with Gasteiger partial charge in [-0.25, -0.2) is 19.2 Å². The van der Waals surface area contributed by atoms with Crippen LogP contribution in [0.3, 0.4) is 0 Å². The monoisotopic (exact) mass is 710 g/mol. The van der Waals surface area contributed by atoms with Gasteiger partial charge in [0.05, 0.1) is 16.7 Å². The second-order valence-corrected chi connectivity index (χ2v) is 13.7. The van der Waals surface area contributed by atoms with E-state index in [0.29, 0.717) is 78.9 Å². The third-order valence-corrected chi connectivity index (χ3v) is 10.7. The Hall–Kier alpha value is -5.35. The molecule has 1 aliphatic carbocycles. The van der Waals surface area contributed by atoms with Crippen molar-refractivity contribution >= 4 is 29.7 Å². The van der Waals surface area contributed by atoms with E-state index in [4.69, 9.17) is 14.2 Å². The van der Waals surface area contributed by atoms with E-state index in [-0.39, 0.29) is 39.6 Å². The largest absolute Gasteiger partial charge is 0.478 e. The summed E-state index contributed by atoms with van der Waals surface area (Å²) in [5.74, 6) is -2.81. The highest BCUT2D eigenvalue weighted by Crippen LogP contribution is 2.39. The summed E-state index contributed by atoms with van der Waals surface area (Å²) in [4.78, 5) is 64.9. The molecule has 0 saturated carbocycles. The fourth-order valence-corrected chi connectivity index (χ4v) is 7.05. The number of benzene rings is 3. The summed E-state index contributed by atoms with van der Waals surface area (Å²) in [6.07, 6.45) is 2.84. The Labute approximate surface area is 304 Å². The third kappa shape index (κ3) is 6.47. The molecule has 0 fully saturated rings. The van der Waals surface area contributed by atoms with E-state index in [1.807, 2.05) is 6.92 Å². The van der Waals surface area contributed by atoms with E-state index >= 15 is 0 Å². The maximum atomic E-state index is 13.8. The van der Waals surface area contributed by atoms with Gasteiger partial charge in [0.15, 0.2) is 5.78 Å². The van der Waals surface area contributed by atoms with Gasteiger partial charge in [0, 0.05) is 0 Å². The van der Waals surface area contributed by atoms with Gasteiger partial charge >= 0.3 is 23.9 Å². The fraction of sp³-hybridized carbons (Fsp3) is 0.357. The molecule has 3 aromatic carbocycles. The number of hydrogen-bond acceptors (Lipinski definition) is 9. The van der Waals surface area contributed by atoms with E-state index in [1.165, 1.54) is 26.0 Å². The highest BCUT2D eigenvalue weighted by Gasteiger charge is 2.44. The number of allylic oxidation sites excluding steroid dienone is 2. The van der Waals surface area contributed by atoms with Gasteiger partial charge in [0.25, 0.3) is 0 Å². The first-order valence-electron chi connectivity index (χ1n) is 17.0. The van der Waals surface area contributed by atoms with E-state index in [9.17, 15) is 34.2 Å². The predicted octanol–water partition coefficient (Wildman–Crippen LogP) is 7.58. The summed E-state index contributed by atoms with van der Waals surface area (Å²) in [6, 6.07) is 1.61. The molecular formula is C42H46O10. The number of ether oxygens (including phenoxy) is 3. The average Bonchev–Trinajstić information content (AvgIpc) is 3.05. The molecule has 274 valence electrons. The van der Waals surface area contributed by atoms with Crippen LogP contribution in [-0.4, -0.2) is 45.5 Å². The van der Waals surface area contributed by atoms with Crippen LogP contribution in [0.1, 0.15) is 113 Å².